The van der Waals surface area contributed by atoms with Gasteiger partial charge in [-0.1, -0.05) is 49.0 Å². The van der Waals surface area contributed by atoms with Crippen LogP contribution >= 0.6 is 0 Å². The molecule has 0 saturated heterocycles. The fraction of sp³-hybridized carbons (Fsp3) is 0.150. The summed E-state index contributed by atoms with van der Waals surface area (Å²) in [6, 6.07) is 15.3. The number of carbonyl (C=O) groups is 1. The Balaban J connectivity index is 1.89. The Kier molecular flexibility index (Phi) is 3.47. The summed E-state index contributed by atoms with van der Waals surface area (Å²) < 4.78 is 5.30. The van der Waals surface area contributed by atoms with Crippen LogP contribution in [0.3, 0.4) is 0 Å². The number of fused-ring (bicyclic) bond motifs is 3. The molecule has 0 amide bonds. The number of hydrogen-bond acceptors (Lipinski definition) is 3. The molecule has 1 aliphatic rings. The molecule has 0 bridgehead atoms. The average molecular weight is 318 g/mol. The van der Waals surface area contributed by atoms with Crippen LogP contribution in [-0.4, -0.2) is 17.9 Å². The maximum atomic E-state index is 13.0. The zero-order chi connectivity index (χ0) is 16.7. The van der Waals surface area contributed by atoms with E-state index in [-0.39, 0.29) is 5.78 Å². The third kappa shape index (κ3) is 2.15. The van der Waals surface area contributed by atoms with Crippen molar-refractivity contribution in [3.05, 3.63) is 77.5 Å². The fourth-order valence-electron chi connectivity index (χ4n) is 3.42. The van der Waals surface area contributed by atoms with Gasteiger partial charge in [-0.25, -0.2) is 0 Å². The third-order valence-corrected chi connectivity index (χ3v) is 4.47. The van der Waals surface area contributed by atoms with Gasteiger partial charge >= 0.3 is 0 Å². The van der Waals surface area contributed by atoms with Crippen molar-refractivity contribution in [1.82, 2.24) is 10.3 Å². The average Bonchev–Trinajstić information content (AvgIpc) is 3.01. The number of ether oxygens (including phenoxy) is 1. The second-order valence-electron chi connectivity index (χ2n) is 5.98. The molecule has 0 aliphatic carbocycles. The van der Waals surface area contributed by atoms with E-state index in [9.17, 15) is 4.79 Å². The highest BCUT2D eigenvalue weighted by Crippen LogP contribution is 2.37. The molecule has 0 spiro atoms. The number of methoxy groups -OCH3 is 1. The van der Waals surface area contributed by atoms with Crippen molar-refractivity contribution in [2.75, 3.05) is 7.11 Å². The predicted octanol–water partition coefficient (Wildman–Crippen LogP) is 3.81. The van der Waals surface area contributed by atoms with E-state index in [0.717, 1.165) is 33.3 Å². The molecule has 0 saturated carbocycles. The van der Waals surface area contributed by atoms with Gasteiger partial charge in [-0.3, -0.25) is 4.79 Å². The second-order valence-corrected chi connectivity index (χ2v) is 5.98. The van der Waals surface area contributed by atoms with Gasteiger partial charge in [0.05, 0.1) is 12.3 Å². The summed E-state index contributed by atoms with van der Waals surface area (Å²) in [6.07, 6.45) is 0. The maximum absolute atomic E-state index is 13.0. The first-order chi connectivity index (χ1) is 11.7. The molecule has 1 aliphatic heterocycles. The largest absolute Gasteiger partial charge is 0.380 e. The van der Waals surface area contributed by atoms with Gasteiger partial charge in [0.1, 0.15) is 6.04 Å². The first-order valence-corrected chi connectivity index (χ1v) is 7.88. The topological polar surface area (TPSA) is 54.1 Å². The number of aromatic nitrogens is 1. The summed E-state index contributed by atoms with van der Waals surface area (Å²) in [5.41, 5.74) is 5.14. The first-order valence-electron chi connectivity index (χ1n) is 7.88. The minimum Gasteiger partial charge on any atom is -0.380 e. The highest BCUT2D eigenvalue weighted by atomic mass is 16.5. The molecule has 1 unspecified atom stereocenters. The highest BCUT2D eigenvalue weighted by Gasteiger charge is 2.33. The van der Waals surface area contributed by atoms with Gasteiger partial charge in [0.15, 0.2) is 0 Å². The van der Waals surface area contributed by atoms with E-state index in [1.165, 1.54) is 0 Å². The van der Waals surface area contributed by atoms with Crippen molar-refractivity contribution in [3.63, 3.8) is 0 Å². The van der Waals surface area contributed by atoms with Crippen LogP contribution in [0.5, 0.6) is 0 Å². The van der Waals surface area contributed by atoms with Gasteiger partial charge in [0.25, 0.3) is 0 Å². The van der Waals surface area contributed by atoms with E-state index in [2.05, 4.69) is 16.9 Å². The van der Waals surface area contributed by atoms with Crippen molar-refractivity contribution in [2.45, 2.75) is 12.6 Å². The quantitative estimate of drug-likeness (QED) is 0.772. The molecular formula is C20H18N2O2. The third-order valence-electron chi connectivity index (χ3n) is 4.47. The molecule has 4 rings (SSSR count). The molecule has 2 heterocycles. The summed E-state index contributed by atoms with van der Waals surface area (Å²) in [4.78, 5) is 16.3. The SMILES string of the molecule is C=C1NC(c2ccccc2)C(=O)c2[nH]c3cccc(COC)c3c21. The number of rotatable bonds is 3. The van der Waals surface area contributed by atoms with Crippen LogP contribution in [0.4, 0.5) is 0 Å². The normalized spacial score (nSPS) is 17.0. The van der Waals surface area contributed by atoms with Crippen LogP contribution in [0.2, 0.25) is 0 Å². The van der Waals surface area contributed by atoms with Crippen LogP contribution in [0.1, 0.15) is 33.2 Å². The summed E-state index contributed by atoms with van der Waals surface area (Å²) >= 11 is 0. The Bertz CT molecular complexity index is 941. The van der Waals surface area contributed by atoms with Crippen molar-refractivity contribution in [3.8, 4) is 0 Å². The second kappa shape index (κ2) is 5.65. The molecule has 24 heavy (non-hydrogen) atoms. The molecule has 2 N–H and O–H groups in total. The van der Waals surface area contributed by atoms with Crippen molar-refractivity contribution in [2.24, 2.45) is 0 Å². The van der Waals surface area contributed by atoms with Crippen molar-refractivity contribution < 1.29 is 9.53 Å². The fourth-order valence-corrected chi connectivity index (χ4v) is 3.42. The zero-order valence-electron chi connectivity index (χ0n) is 13.4. The summed E-state index contributed by atoms with van der Waals surface area (Å²) in [7, 11) is 1.67. The lowest BCUT2D eigenvalue weighted by molar-refractivity contribution is 0.0942. The van der Waals surface area contributed by atoms with E-state index in [1.54, 1.807) is 7.11 Å². The molecular weight excluding hydrogens is 300 g/mol. The number of hydrogen-bond donors (Lipinski definition) is 2. The van der Waals surface area contributed by atoms with E-state index in [4.69, 9.17) is 4.74 Å². The van der Waals surface area contributed by atoms with Gasteiger partial charge < -0.3 is 15.0 Å². The first kappa shape index (κ1) is 14.7. The van der Waals surface area contributed by atoms with Crippen LogP contribution in [0, 0.1) is 0 Å². The smallest absolute Gasteiger partial charge is 0.206 e. The van der Waals surface area contributed by atoms with Gasteiger partial charge in [-0.05, 0) is 17.2 Å². The van der Waals surface area contributed by atoms with Gasteiger partial charge in [0, 0.05) is 29.3 Å². The van der Waals surface area contributed by atoms with Crippen LogP contribution < -0.4 is 5.32 Å². The molecule has 2 aromatic carbocycles. The van der Waals surface area contributed by atoms with Gasteiger partial charge in [-0.2, -0.15) is 0 Å². The Hall–Kier alpha value is -2.85. The lowest BCUT2D eigenvalue weighted by Crippen LogP contribution is -2.32. The number of nitrogens with one attached hydrogen (secondary N) is 2. The lowest BCUT2D eigenvalue weighted by atomic mass is 9.91. The highest BCUT2D eigenvalue weighted by molar-refractivity contribution is 6.13. The van der Waals surface area contributed by atoms with Gasteiger partial charge in [-0.15, -0.1) is 0 Å². The van der Waals surface area contributed by atoms with Crippen molar-refractivity contribution >= 4 is 22.4 Å². The Morgan fingerprint density at radius 2 is 1.92 bits per heavy atom. The lowest BCUT2D eigenvalue weighted by Gasteiger charge is -2.26. The summed E-state index contributed by atoms with van der Waals surface area (Å²) in [6.45, 7) is 4.66. The standard InChI is InChI=1S/C20H18N2O2/c1-12-16-17-14(11-24-2)9-6-10-15(17)22-19(16)20(23)18(21-12)13-7-4-3-5-8-13/h3-10,18,21-22H,1,11H2,2H3. The molecule has 4 nitrogen and oxygen atoms in total. The molecule has 0 fully saturated rings. The number of aromatic amines is 1. The molecule has 1 aromatic heterocycles. The minimum atomic E-state index is -0.412. The zero-order valence-corrected chi connectivity index (χ0v) is 13.4. The molecule has 0 radical (unpaired) electrons. The molecule has 4 heteroatoms. The molecule has 1 atom stereocenters. The van der Waals surface area contributed by atoms with E-state index in [0.29, 0.717) is 12.3 Å². The Labute approximate surface area is 140 Å². The van der Waals surface area contributed by atoms with Crippen LogP contribution in [0.15, 0.2) is 55.1 Å². The molecule has 3 aromatic rings. The predicted molar refractivity (Wildman–Crippen MR) is 94.7 cm³/mol. The Morgan fingerprint density at radius 1 is 1.12 bits per heavy atom. The van der Waals surface area contributed by atoms with E-state index >= 15 is 0 Å². The monoisotopic (exact) mass is 318 g/mol. The van der Waals surface area contributed by atoms with Crippen LogP contribution in [0.25, 0.3) is 16.6 Å². The number of benzene rings is 2. The number of Topliss-reactive ketones (excluding diaryl/α,β-unsaturated/α-hetero) is 1. The van der Waals surface area contributed by atoms with Gasteiger partial charge in [0.2, 0.25) is 5.78 Å². The minimum absolute atomic E-state index is 0.0307. The van der Waals surface area contributed by atoms with E-state index in [1.807, 2.05) is 48.5 Å². The number of ketones is 1. The number of H-pyrrole nitrogens is 1. The number of carbonyl (C=O) groups excluding carboxylic acids is 1. The molecule has 120 valence electrons. The summed E-state index contributed by atoms with van der Waals surface area (Å²) in [5.74, 6) is 0.0307. The maximum Gasteiger partial charge on any atom is 0.206 e. The van der Waals surface area contributed by atoms with E-state index < -0.39 is 6.04 Å². The van der Waals surface area contributed by atoms with Crippen LogP contribution in [-0.2, 0) is 11.3 Å². The Morgan fingerprint density at radius 3 is 2.67 bits per heavy atom. The summed E-state index contributed by atoms with van der Waals surface area (Å²) in [5, 5.41) is 4.29. The van der Waals surface area contributed by atoms with Crippen molar-refractivity contribution in [1.29, 1.82) is 0 Å².